The molecule has 0 radical (unpaired) electrons. The number of hydrogen-bond donors (Lipinski definition) is 3. The molecule has 31 heavy (non-hydrogen) atoms. The Hall–Kier alpha value is -3.72. The smallest absolute Gasteiger partial charge is 0.340 e. The summed E-state index contributed by atoms with van der Waals surface area (Å²) in [6.45, 7) is 1.09. The van der Waals surface area contributed by atoms with Gasteiger partial charge in [0.05, 0.1) is 29.3 Å². The Labute approximate surface area is 178 Å². The molecule has 162 valence electrons. The van der Waals surface area contributed by atoms with Crippen molar-refractivity contribution in [2.75, 3.05) is 19.0 Å². The minimum absolute atomic E-state index is 0.0101. The van der Waals surface area contributed by atoms with E-state index in [0.717, 1.165) is 19.3 Å². The second kappa shape index (κ2) is 9.86. The number of aromatic carboxylic acids is 1. The molecular formula is C22H24N4O5. The minimum atomic E-state index is -1.12. The van der Waals surface area contributed by atoms with Gasteiger partial charge in [-0.2, -0.15) is 0 Å². The number of hydrogen-bond acceptors (Lipinski definition) is 6. The maximum absolute atomic E-state index is 12.8. The van der Waals surface area contributed by atoms with Crippen LogP contribution in [0.1, 0.15) is 50.3 Å². The lowest BCUT2D eigenvalue weighted by Gasteiger charge is -2.12. The van der Waals surface area contributed by atoms with Gasteiger partial charge in [0.1, 0.15) is 0 Å². The number of rotatable bonds is 9. The normalized spacial score (nSPS) is 10.8. The summed E-state index contributed by atoms with van der Waals surface area (Å²) >= 11 is 0. The quantitative estimate of drug-likeness (QED) is 0.355. The highest BCUT2D eigenvalue weighted by atomic mass is 16.5. The molecular weight excluding hydrogens is 400 g/mol. The van der Waals surface area contributed by atoms with Gasteiger partial charge in [-0.25, -0.2) is 14.6 Å². The third-order valence-corrected chi connectivity index (χ3v) is 4.85. The van der Waals surface area contributed by atoms with E-state index in [1.807, 2.05) is 0 Å². The molecule has 0 aliphatic rings. The maximum Gasteiger partial charge on any atom is 0.340 e. The van der Waals surface area contributed by atoms with Crippen molar-refractivity contribution in [3.05, 3.63) is 59.2 Å². The number of carbonyl (C=O) groups excluding carboxylic acids is 2. The van der Waals surface area contributed by atoms with Gasteiger partial charge in [-0.15, -0.1) is 0 Å². The van der Waals surface area contributed by atoms with Gasteiger partial charge < -0.3 is 20.1 Å². The predicted octanol–water partition coefficient (Wildman–Crippen LogP) is 2.90. The largest absolute Gasteiger partial charge is 0.478 e. The van der Waals surface area contributed by atoms with Crippen LogP contribution in [0.4, 0.5) is 5.95 Å². The van der Waals surface area contributed by atoms with Crippen molar-refractivity contribution < 1.29 is 24.2 Å². The minimum Gasteiger partial charge on any atom is -0.478 e. The van der Waals surface area contributed by atoms with Gasteiger partial charge in [0.15, 0.2) is 0 Å². The number of aromatic nitrogens is 2. The summed E-state index contributed by atoms with van der Waals surface area (Å²) < 4.78 is 6.67. The summed E-state index contributed by atoms with van der Waals surface area (Å²) in [5.41, 5.74) is 7.23. The summed E-state index contributed by atoms with van der Waals surface area (Å²) in [4.78, 5) is 40.8. The number of carboxylic acid groups (broad SMARTS) is 1. The Morgan fingerprint density at radius 1 is 1.10 bits per heavy atom. The Bertz CT molecular complexity index is 1120. The van der Waals surface area contributed by atoms with Gasteiger partial charge >= 0.3 is 11.9 Å². The van der Waals surface area contributed by atoms with E-state index in [0.29, 0.717) is 29.7 Å². The van der Waals surface area contributed by atoms with Gasteiger partial charge in [0.2, 0.25) is 5.95 Å². The van der Waals surface area contributed by atoms with Gasteiger partial charge in [-0.1, -0.05) is 18.6 Å². The summed E-state index contributed by atoms with van der Waals surface area (Å²) in [6.07, 6.45) is 2.51. The zero-order valence-corrected chi connectivity index (χ0v) is 17.1. The molecule has 0 fully saturated rings. The van der Waals surface area contributed by atoms with Crippen LogP contribution < -0.4 is 11.1 Å². The Morgan fingerprint density at radius 2 is 1.84 bits per heavy atom. The second-order valence-corrected chi connectivity index (χ2v) is 6.94. The number of benzene rings is 2. The molecule has 4 N–H and O–H groups in total. The number of aryl methyl sites for hydroxylation is 1. The summed E-state index contributed by atoms with van der Waals surface area (Å²) in [5.74, 6) is -1.85. The Balaban J connectivity index is 2.00. The van der Waals surface area contributed by atoms with E-state index in [1.54, 1.807) is 22.8 Å². The van der Waals surface area contributed by atoms with Crippen LogP contribution in [0.15, 0.2) is 42.5 Å². The summed E-state index contributed by atoms with van der Waals surface area (Å²) in [6, 6.07) is 10.8. The monoisotopic (exact) mass is 424 g/mol. The molecule has 3 rings (SSSR count). The Morgan fingerprint density at radius 3 is 2.55 bits per heavy atom. The number of unbranched alkanes of at least 4 members (excludes halogenated alkanes) is 2. The van der Waals surface area contributed by atoms with Crippen LogP contribution in [0, 0.1) is 0 Å². The number of anilines is 1. The molecule has 0 spiro atoms. The molecule has 0 saturated carbocycles. The SMILES string of the molecule is COC(=O)c1cccc2nc(NC(=O)c3cccc(C(=O)O)c3)n(CCCCCN)c12. The van der Waals surface area contributed by atoms with Crippen molar-refractivity contribution >= 4 is 34.8 Å². The zero-order chi connectivity index (χ0) is 22.4. The van der Waals surface area contributed by atoms with Crippen molar-refractivity contribution in [3.63, 3.8) is 0 Å². The van der Waals surface area contributed by atoms with Crippen molar-refractivity contribution in [3.8, 4) is 0 Å². The molecule has 2 aromatic carbocycles. The lowest BCUT2D eigenvalue weighted by atomic mass is 10.1. The van der Waals surface area contributed by atoms with E-state index < -0.39 is 17.8 Å². The highest BCUT2D eigenvalue weighted by Gasteiger charge is 2.20. The molecule has 9 heteroatoms. The molecule has 3 aromatic rings. The van der Waals surface area contributed by atoms with E-state index in [9.17, 15) is 14.4 Å². The number of para-hydroxylation sites is 1. The molecule has 1 aromatic heterocycles. The van der Waals surface area contributed by atoms with Crippen LogP contribution in [0.25, 0.3) is 11.0 Å². The first-order chi connectivity index (χ1) is 15.0. The molecule has 0 atom stereocenters. The molecule has 1 heterocycles. The van der Waals surface area contributed by atoms with Gasteiger partial charge in [0, 0.05) is 12.1 Å². The van der Waals surface area contributed by atoms with Crippen LogP contribution in [0.3, 0.4) is 0 Å². The number of amides is 1. The van der Waals surface area contributed by atoms with Crippen molar-refractivity contribution in [1.82, 2.24) is 9.55 Å². The van der Waals surface area contributed by atoms with E-state index in [4.69, 9.17) is 15.6 Å². The molecule has 0 bridgehead atoms. The Kier molecular flexibility index (Phi) is 6.99. The maximum atomic E-state index is 12.8. The fourth-order valence-electron chi connectivity index (χ4n) is 3.33. The van der Waals surface area contributed by atoms with Gasteiger partial charge in [-0.3, -0.25) is 10.1 Å². The number of carbonyl (C=O) groups is 3. The van der Waals surface area contributed by atoms with E-state index >= 15 is 0 Å². The average Bonchev–Trinajstić information content (AvgIpc) is 3.13. The van der Waals surface area contributed by atoms with Crippen LogP contribution >= 0.6 is 0 Å². The zero-order valence-electron chi connectivity index (χ0n) is 17.1. The van der Waals surface area contributed by atoms with Crippen LogP contribution in [-0.2, 0) is 11.3 Å². The molecule has 1 amide bonds. The topological polar surface area (TPSA) is 137 Å². The van der Waals surface area contributed by atoms with Crippen LogP contribution in [0.5, 0.6) is 0 Å². The standard InChI is InChI=1S/C22H24N4O5/c1-31-21(30)16-9-6-10-17-18(16)26(12-4-2-3-11-23)22(24-17)25-19(27)14-7-5-8-15(13-14)20(28)29/h5-10,13H,2-4,11-12,23H2,1H3,(H,28,29)(H,24,25,27). The number of carboxylic acids is 1. The number of methoxy groups -OCH3 is 1. The molecule has 9 nitrogen and oxygen atoms in total. The number of fused-ring (bicyclic) bond motifs is 1. The molecule has 0 unspecified atom stereocenters. The van der Waals surface area contributed by atoms with Gasteiger partial charge in [0.25, 0.3) is 5.91 Å². The molecule has 0 saturated heterocycles. The highest BCUT2D eigenvalue weighted by Crippen LogP contribution is 2.25. The van der Waals surface area contributed by atoms with E-state index in [2.05, 4.69) is 10.3 Å². The van der Waals surface area contributed by atoms with Crippen molar-refractivity contribution in [1.29, 1.82) is 0 Å². The fraction of sp³-hybridized carbons (Fsp3) is 0.273. The van der Waals surface area contributed by atoms with Crippen LogP contribution in [0.2, 0.25) is 0 Å². The first-order valence-electron chi connectivity index (χ1n) is 9.88. The second-order valence-electron chi connectivity index (χ2n) is 6.94. The first-order valence-corrected chi connectivity index (χ1v) is 9.88. The number of nitrogens with zero attached hydrogens (tertiary/aromatic N) is 2. The fourth-order valence-corrected chi connectivity index (χ4v) is 3.33. The number of esters is 1. The lowest BCUT2D eigenvalue weighted by Crippen LogP contribution is -2.17. The highest BCUT2D eigenvalue weighted by molar-refractivity contribution is 6.07. The molecule has 0 aliphatic carbocycles. The number of nitrogens with two attached hydrogens (primary N) is 1. The van der Waals surface area contributed by atoms with Crippen molar-refractivity contribution in [2.24, 2.45) is 5.73 Å². The average molecular weight is 424 g/mol. The first kappa shape index (κ1) is 22.0. The number of imidazole rings is 1. The number of nitrogens with one attached hydrogen (secondary N) is 1. The van der Waals surface area contributed by atoms with Crippen LogP contribution in [-0.4, -0.2) is 46.2 Å². The molecule has 0 aliphatic heterocycles. The summed E-state index contributed by atoms with van der Waals surface area (Å²) in [7, 11) is 1.31. The predicted molar refractivity (Wildman–Crippen MR) is 115 cm³/mol. The third kappa shape index (κ3) is 4.89. The third-order valence-electron chi connectivity index (χ3n) is 4.85. The van der Waals surface area contributed by atoms with E-state index in [-0.39, 0.29) is 17.1 Å². The van der Waals surface area contributed by atoms with Gasteiger partial charge in [-0.05, 0) is 49.7 Å². The number of ether oxygens (including phenoxy) is 1. The summed E-state index contributed by atoms with van der Waals surface area (Å²) in [5, 5.41) is 11.9. The van der Waals surface area contributed by atoms with E-state index in [1.165, 1.54) is 31.4 Å². The lowest BCUT2D eigenvalue weighted by molar-refractivity contribution is 0.0601. The van der Waals surface area contributed by atoms with Crippen molar-refractivity contribution in [2.45, 2.75) is 25.8 Å².